The Bertz CT molecular complexity index is 896. The summed E-state index contributed by atoms with van der Waals surface area (Å²) in [4.78, 5) is 26.2. The van der Waals surface area contributed by atoms with E-state index in [2.05, 4.69) is 5.32 Å². The van der Waals surface area contributed by atoms with Crippen LogP contribution in [0.15, 0.2) is 42.5 Å². The smallest absolute Gasteiger partial charge is 0.418 e. The molecule has 0 radical (unpaired) electrons. The molecule has 0 aliphatic carbocycles. The van der Waals surface area contributed by atoms with Gasteiger partial charge < -0.3 is 10.1 Å². The van der Waals surface area contributed by atoms with Crippen molar-refractivity contribution in [2.75, 3.05) is 16.8 Å². The first-order valence-corrected chi connectivity index (χ1v) is 8.21. The summed E-state index contributed by atoms with van der Waals surface area (Å²) in [5, 5.41) is 2.29. The second kappa shape index (κ2) is 6.94. The van der Waals surface area contributed by atoms with Gasteiger partial charge in [-0.2, -0.15) is 13.2 Å². The third kappa shape index (κ3) is 3.74. The minimum atomic E-state index is -4.61. The average Bonchev–Trinajstić information content (AvgIpc) is 2.60. The Morgan fingerprint density at radius 1 is 1.22 bits per heavy atom. The molecule has 0 fully saturated rings. The lowest BCUT2D eigenvalue weighted by Gasteiger charge is -2.33. The van der Waals surface area contributed by atoms with Crippen LogP contribution in [-0.2, 0) is 15.8 Å². The number of hydrogen-bond donors (Lipinski definition) is 1. The van der Waals surface area contributed by atoms with Crippen molar-refractivity contribution >= 4 is 23.2 Å². The summed E-state index contributed by atoms with van der Waals surface area (Å²) >= 11 is 0. The number of nitrogens with one attached hydrogen (secondary N) is 1. The number of amides is 2. The number of halogens is 3. The standard InChI is InChI=1S/C19H17F3N2O3/c1-11-7-8-16-15(9-11)24(17(25)10-27-16)12(2)18(26)23-14-6-4-3-5-13(14)19(20,21)22/h3-9,12H,10H2,1-2H3,(H,23,26). The molecule has 142 valence electrons. The number of alkyl halides is 3. The lowest BCUT2D eigenvalue weighted by atomic mass is 10.1. The highest BCUT2D eigenvalue weighted by atomic mass is 19.4. The number of carbonyl (C=O) groups is 2. The van der Waals surface area contributed by atoms with Gasteiger partial charge in [-0.25, -0.2) is 0 Å². The van der Waals surface area contributed by atoms with Crippen LogP contribution in [0, 0.1) is 6.92 Å². The fourth-order valence-corrected chi connectivity index (χ4v) is 2.90. The molecule has 5 nitrogen and oxygen atoms in total. The van der Waals surface area contributed by atoms with E-state index in [-0.39, 0.29) is 12.3 Å². The Balaban J connectivity index is 1.89. The van der Waals surface area contributed by atoms with Crippen molar-refractivity contribution in [2.24, 2.45) is 0 Å². The van der Waals surface area contributed by atoms with E-state index in [1.807, 2.05) is 6.92 Å². The van der Waals surface area contributed by atoms with E-state index in [0.717, 1.165) is 11.6 Å². The molecular formula is C19H17F3N2O3. The molecule has 3 rings (SSSR count). The molecule has 27 heavy (non-hydrogen) atoms. The summed E-state index contributed by atoms with van der Waals surface area (Å²) in [6, 6.07) is 8.86. The number of rotatable bonds is 3. The number of benzene rings is 2. The molecule has 0 spiro atoms. The van der Waals surface area contributed by atoms with Gasteiger partial charge in [-0.1, -0.05) is 18.2 Å². The average molecular weight is 378 g/mol. The Hall–Kier alpha value is -3.03. The molecule has 2 amide bonds. The van der Waals surface area contributed by atoms with Crippen molar-refractivity contribution in [2.45, 2.75) is 26.1 Å². The van der Waals surface area contributed by atoms with E-state index in [9.17, 15) is 22.8 Å². The molecule has 1 aliphatic rings. The zero-order valence-electron chi connectivity index (χ0n) is 14.6. The van der Waals surface area contributed by atoms with Crippen molar-refractivity contribution in [3.8, 4) is 5.75 Å². The zero-order chi connectivity index (χ0) is 19.8. The minimum absolute atomic E-state index is 0.243. The molecule has 0 bridgehead atoms. The van der Waals surface area contributed by atoms with Crippen LogP contribution in [0.5, 0.6) is 5.75 Å². The quantitative estimate of drug-likeness (QED) is 0.885. The van der Waals surface area contributed by atoms with Crippen molar-refractivity contribution in [1.82, 2.24) is 0 Å². The van der Waals surface area contributed by atoms with Crippen LogP contribution in [0.4, 0.5) is 24.5 Å². The topological polar surface area (TPSA) is 58.6 Å². The molecule has 1 heterocycles. The first-order valence-electron chi connectivity index (χ1n) is 8.21. The van der Waals surface area contributed by atoms with Crippen LogP contribution < -0.4 is 15.0 Å². The third-order valence-electron chi connectivity index (χ3n) is 4.25. The Morgan fingerprint density at radius 3 is 2.63 bits per heavy atom. The van der Waals surface area contributed by atoms with Crippen LogP contribution in [0.3, 0.4) is 0 Å². The number of ether oxygens (including phenoxy) is 1. The van der Waals surface area contributed by atoms with Crippen molar-refractivity contribution in [1.29, 1.82) is 0 Å². The molecule has 1 atom stereocenters. The molecule has 2 aromatic carbocycles. The summed E-state index contributed by atoms with van der Waals surface area (Å²) < 4.78 is 44.7. The van der Waals surface area contributed by atoms with Crippen LogP contribution in [0.25, 0.3) is 0 Å². The normalized spacial score (nSPS) is 15.0. The summed E-state index contributed by atoms with van der Waals surface area (Å²) in [6.07, 6.45) is -4.61. The van der Waals surface area contributed by atoms with Crippen LogP contribution in [-0.4, -0.2) is 24.5 Å². The second-order valence-electron chi connectivity index (χ2n) is 6.23. The zero-order valence-corrected chi connectivity index (χ0v) is 14.6. The first-order chi connectivity index (χ1) is 12.7. The maximum Gasteiger partial charge on any atom is 0.418 e. The van der Waals surface area contributed by atoms with Crippen LogP contribution in [0.1, 0.15) is 18.1 Å². The van der Waals surface area contributed by atoms with Crippen LogP contribution in [0.2, 0.25) is 0 Å². The van der Waals surface area contributed by atoms with E-state index >= 15 is 0 Å². The van der Waals surface area contributed by atoms with E-state index in [0.29, 0.717) is 11.4 Å². The summed E-state index contributed by atoms with van der Waals surface area (Å²) in [6.45, 7) is 3.04. The monoisotopic (exact) mass is 378 g/mol. The molecule has 0 saturated heterocycles. The van der Waals surface area contributed by atoms with Gasteiger partial charge in [-0.15, -0.1) is 0 Å². The second-order valence-corrected chi connectivity index (χ2v) is 6.23. The van der Waals surface area contributed by atoms with Crippen molar-refractivity contribution in [3.05, 3.63) is 53.6 Å². The highest BCUT2D eigenvalue weighted by Crippen LogP contribution is 2.36. The molecule has 8 heteroatoms. The molecule has 2 aromatic rings. The number of hydrogen-bond acceptors (Lipinski definition) is 3. The van der Waals surface area contributed by atoms with Gasteiger partial charge in [-0.05, 0) is 43.7 Å². The Kier molecular flexibility index (Phi) is 4.82. The Morgan fingerprint density at radius 2 is 1.93 bits per heavy atom. The first kappa shape index (κ1) is 18.8. The molecule has 0 aromatic heterocycles. The van der Waals surface area contributed by atoms with Gasteiger partial charge in [0.05, 0.1) is 16.9 Å². The SMILES string of the molecule is Cc1ccc2c(c1)N(C(C)C(=O)Nc1ccccc1C(F)(F)F)C(=O)CO2. The predicted molar refractivity (Wildman–Crippen MR) is 93.7 cm³/mol. The van der Waals surface area contributed by atoms with Gasteiger partial charge in [0, 0.05) is 0 Å². The number of aryl methyl sites for hydroxylation is 1. The van der Waals surface area contributed by atoms with Gasteiger partial charge in [-0.3, -0.25) is 14.5 Å². The van der Waals surface area contributed by atoms with Gasteiger partial charge >= 0.3 is 6.18 Å². The molecule has 0 saturated carbocycles. The van der Waals surface area contributed by atoms with Crippen LogP contribution >= 0.6 is 0 Å². The van der Waals surface area contributed by atoms with E-state index < -0.39 is 29.6 Å². The molecule has 1 unspecified atom stereocenters. The van der Waals surface area contributed by atoms with Crippen molar-refractivity contribution in [3.63, 3.8) is 0 Å². The van der Waals surface area contributed by atoms with Gasteiger partial charge in [0.2, 0.25) is 5.91 Å². The summed E-state index contributed by atoms with van der Waals surface area (Å²) in [7, 11) is 0. The lowest BCUT2D eigenvalue weighted by Crippen LogP contribution is -2.49. The number of fused-ring (bicyclic) bond motifs is 1. The number of anilines is 2. The minimum Gasteiger partial charge on any atom is -0.482 e. The molecular weight excluding hydrogens is 361 g/mol. The lowest BCUT2D eigenvalue weighted by molar-refractivity contribution is -0.137. The van der Waals surface area contributed by atoms with Crippen molar-refractivity contribution < 1.29 is 27.5 Å². The predicted octanol–water partition coefficient (Wildman–Crippen LogP) is 3.77. The van der Waals surface area contributed by atoms with Gasteiger partial charge in [0.1, 0.15) is 11.8 Å². The fraction of sp³-hybridized carbons (Fsp3) is 0.263. The Labute approximate surface area is 153 Å². The highest BCUT2D eigenvalue weighted by Gasteiger charge is 2.36. The molecule has 1 N–H and O–H groups in total. The number of para-hydroxylation sites is 1. The van der Waals surface area contributed by atoms with E-state index in [4.69, 9.17) is 4.74 Å². The van der Waals surface area contributed by atoms with E-state index in [1.54, 1.807) is 18.2 Å². The van der Waals surface area contributed by atoms with Gasteiger partial charge in [0.25, 0.3) is 5.91 Å². The number of carbonyl (C=O) groups excluding carboxylic acids is 2. The molecule has 1 aliphatic heterocycles. The van der Waals surface area contributed by atoms with E-state index in [1.165, 1.54) is 30.0 Å². The highest BCUT2D eigenvalue weighted by molar-refractivity contribution is 6.07. The number of nitrogens with zero attached hydrogens (tertiary/aromatic N) is 1. The summed E-state index contributed by atoms with van der Waals surface area (Å²) in [5.41, 5.74) is -0.0350. The summed E-state index contributed by atoms with van der Waals surface area (Å²) in [5.74, 6) is -0.732. The largest absolute Gasteiger partial charge is 0.482 e. The third-order valence-corrected chi connectivity index (χ3v) is 4.25. The fourth-order valence-electron chi connectivity index (χ4n) is 2.90. The maximum atomic E-state index is 13.1. The maximum absolute atomic E-state index is 13.1. The van der Waals surface area contributed by atoms with Gasteiger partial charge in [0.15, 0.2) is 6.61 Å².